The van der Waals surface area contributed by atoms with Crippen LogP contribution in [0.2, 0.25) is 10.0 Å². The number of carbonyl (C=O) groups is 3. The Hall–Kier alpha value is -2.57. The van der Waals surface area contributed by atoms with Crippen molar-refractivity contribution in [1.29, 1.82) is 0 Å². The number of likely N-dealkylation sites (N-methyl/N-ethyl adjacent to an activating group) is 1. The normalized spacial score (nSPS) is 10.2. The van der Waals surface area contributed by atoms with Gasteiger partial charge in [-0.25, -0.2) is 4.79 Å². The van der Waals surface area contributed by atoms with Crippen LogP contribution < -0.4 is 5.32 Å². The van der Waals surface area contributed by atoms with Gasteiger partial charge in [0.25, 0.3) is 5.91 Å². The van der Waals surface area contributed by atoms with Crippen LogP contribution in [0.3, 0.4) is 0 Å². The molecule has 0 fully saturated rings. The summed E-state index contributed by atoms with van der Waals surface area (Å²) in [6.45, 7) is 1.26. The van der Waals surface area contributed by atoms with E-state index >= 15 is 0 Å². The molecule has 2 aromatic carbocycles. The molecule has 2 rings (SSSR count). The van der Waals surface area contributed by atoms with E-state index in [1.165, 1.54) is 24.0 Å². The van der Waals surface area contributed by atoms with Gasteiger partial charge < -0.3 is 15.0 Å². The zero-order valence-electron chi connectivity index (χ0n) is 14.8. The Bertz CT molecular complexity index is 871. The van der Waals surface area contributed by atoms with Gasteiger partial charge in [-0.05, 0) is 35.9 Å². The Morgan fingerprint density at radius 2 is 1.81 bits per heavy atom. The molecule has 2 amide bonds. The van der Waals surface area contributed by atoms with Gasteiger partial charge >= 0.3 is 5.97 Å². The molecule has 0 bridgehead atoms. The number of halogens is 2. The smallest absolute Gasteiger partial charge is 0.338 e. The Labute approximate surface area is 167 Å². The van der Waals surface area contributed by atoms with Gasteiger partial charge in [0.1, 0.15) is 0 Å². The van der Waals surface area contributed by atoms with Gasteiger partial charge in [-0.15, -0.1) is 0 Å². The van der Waals surface area contributed by atoms with Gasteiger partial charge in [-0.1, -0.05) is 35.3 Å². The number of hydrogen-bond acceptors (Lipinski definition) is 4. The van der Waals surface area contributed by atoms with Gasteiger partial charge in [0.2, 0.25) is 5.91 Å². The second-order valence-corrected chi connectivity index (χ2v) is 6.65. The lowest BCUT2D eigenvalue weighted by atomic mass is 10.2. The first-order valence-electron chi connectivity index (χ1n) is 7.99. The van der Waals surface area contributed by atoms with Crippen molar-refractivity contribution in [2.24, 2.45) is 0 Å². The zero-order chi connectivity index (χ0) is 20.0. The maximum atomic E-state index is 12.2. The maximum Gasteiger partial charge on any atom is 0.338 e. The number of anilines is 1. The Morgan fingerprint density at radius 1 is 1.07 bits per heavy atom. The molecule has 27 heavy (non-hydrogen) atoms. The highest BCUT2D eigenvalue weighted by molar-refractivity contribution is 6.42. The third-order valence-corrected chi connectivity index (χ3v) is 4.31. The molecular weight excluding hydrogens is 391 g/mol. The predicted octanol–water partition coefficient (Wildman–Crippen LogP) is 3.77. The molecule has 1 N–H and O–H groups in total. The van der Waals surface area contributed by atoms with Gasteiger partial charge in [0.15, 0.2) is 6.61 Å². The summed E-state index contributed by atoms with van der Waals surface area (Å²) in [5.41, 5.74) is 1.51. The minimum atomic E-state index is -0.654. The molecule has 0 heterocycles. The zero-order valence-corrected chi connectivity index (χ0v) is 16.3. The first kappa shape index (κ1) is 20.7. The van der Waals surface area contributed by atoms with Crippen LogP contribution in [-0.4, -0.2) is 36.3 Å². The second kappa shape index (κ2) is 9.39. The third-order valence-electron chi connectivity index (χ3n) is 3.57. The molecule has 0 unspecified atom stereocenters. The van der Waals surface area contributed by atoms with Crippen LogP contribution in [-0.2, 0) is 20.9 Å². The number of hydrogen-bond donors (Lipinski definition) is 1. The molecule has 0 atom stereocenters. The number of amides is 2. The van der Waals surface area contributed by atoms with Crippen LogP contribution in [0.25, 0.3) is 0 Å². The van der Waals surface area contributed by atoms with Crippen molar-refractivity contribution in [1.82, 2.24) is 4.90 Å². The maximum absolute atomic E-state index is 12.2. The molecular formula is C19H18Cl2N2O4. The number of nitrogens with one attached hydrogen (secondary N) is 1. The predicted molar refractivity (Wildman–Crippen MR) is 104 cm³/mol. The van der Waals surface area contributed by atoms with Crippen molar-refractivity contribution in [3.8, 4) is 0 Å². The van der Waals surface area contributed by atoms with E-state index in [0.717, 1.165) is 5.56 Å². The molecule has 0 saturated carbocycles. The summed E-state index contributed by atoms with van der Waals surface area (Å²) in [7, 11) is 1.59. The minimum absolute atomic E-state index is 0.237. The summed E-state index contributed by atoms with van der Waals surface area (Å²) in [6.07, 6.45) is 0. The molecule has 142 valence electrons. The Balaban J connectivity index is 1.91. The molecule has 6 nitrogen and oxygen atoms in total. The average Bonchev–Trinajstić information content (AvgIpc) is 2.62. The van der Waals surface area contributed by atoms with E-state index in [0.29, 0.717) is 22.3 Å². The van der Waals surface area contributed by atoms with Crippen LogP contribution >= 0.6 is 23.2 Å². The number of carbonyl (C=O) groups excluding carboxylic acids is 3. The fraction of sp³-hybridized carbons (Fsp3) is 0.211. The summed E-state index contributed by atoms with van der Waals surface area (Å²) >= 11 is 11.8. The van der Waals surface area contributed by atoms with E-state index in [-0.39, 0.29) is 17.4 Å². The van der Waals surface area contributed by atoms with Crippen LogP contribution in [0.1, 0.15) is 22.8 Å². The second-order valence-electron chi connectivity index (χ2n) is 5.84. The van der Waals surface area contributed by atoms with Crippen LogP contribution in [0, 0.1) is 0 Å². The summed E-state index contributed by atoms with van der Waals surface area (Å²) in [6, 6.07) is 11.4. The number of esters is 1. The monoisotopic (exact) mass is 408 g/mol. The molecule has 0 saturated heterocycles. The van der Waals surface area contributed by atoms with Crippen molar-refractivity contribution >= 4 is 46.7 Å². The van der Waals surface area contributed by atoms with E-state index in [1.807, 2.05) is 0 Å². The van der Waals surface area contributed by atoms with Gasteiger partial charge in [0, 0.05) is 26.2 Å². The van der Waals surface area contributed by atoms with E-state index in [1.54, 1.807) is 37.4 Å². The molecule has 0 aromatic heterocycles. The van der Waals surface area contributed by atoms with Crippen molar-refractivity contribution < 1.29 is 19.1 Å². The first-order valence-corrected chi connectivity index (χ1v) is 8.74. The van der Waals surface area contributed by atoms with Crippen molar-refractivity contribution in [2.75, 3.05) is 19.0 Å². The summed E-state index contributed by atoms with van der Waals surface area (Å²) in [5, 5.41) is 3.42. The van der Waals surface area contributed by atoms with Crippen LogP contribution in [0.5, 0.6) is 0 Å². The summed E-state index contributed by atoms with van der Waals surface area (Å²) in [4.78, 5) is 36.8. The summed E-state index contributed by atoms with van der Waals surface area (Å²) in [5.74, 6) is -1.27. The number of rotatable bonds is 6. The topological polar surface area (TPSA) is 75.7 Å². The standard InChI is InChI=1S/C19H18Cl2N2O4/c1-12(24)22-15-5-3-4-14(9-15)19(26)27-11-18(25)23(2)10-13-6-7-16(20)17(21)8-13/h3-9H,10-11H2,1-2H3,(H,22,24). The van der Waals surface area contributed by atoms with Gasteiger partial charge in [0.05, 0.1) is 15.6 Å². The molecule has 0 spiro atoms. The fourth-order valence-electron chi connectivity index (χ4n) is 2.25. The van der Waals surface area contributed by atoms with E-state index in [2.05, 4.69) is 5.32 Å². The fourth-order valence-corrected chi connectivity index (χ4v) is 2.57. The van der Waals surface area contributed by atoms with Gasteiger partial charge in [-0.2, -0.15) is 0 Å². The largest absolute Gasteiger partial charge is 0.452 e. The first-order chi connectivity index (χ1) is 12.8. The van der Waals surface area contributed by atoms with E-state index < -0.39 is 12.6 Å². The molecule has 0 aliphatic heterocycles. The van der Waals surface area contributed by atoms with Crippen LogP contribution in [0.15, 0.2) is 42.5 Å². The number of ether oxygens (including phenoxy) is 1. The Kier molecular flexibility index (Phi) is 7.21. The lowest BCUT2D eigenvalue weighted by Crippen LogP contribution is -2.30. The highest BCUT2D eigenvalue weighted by atomic mass is 35.5. The number of nitrogens with zero attached hydrogens (tertiary/aromatic N) is 1. The average molecular weight is 409 g/mol. The lowest BCUT2D eigenvalue weighted by Gasteiger charge is -2.17. The lowest BCUT2D eigenvalue weighted by molar-refractivity contribution is -0.133. The van der Waals surface area contributed by atoms with Crippen molar-refractivity contribution in [3.05, 3.63) is 63.6 Å². The van der Waals surface area contributed by atoms with Gasteiger partial charge in [-0.3, -0.25) is 9.59 Å². The molecule has 0 aliphatic carbocycles. The third kappa shape index (κ3) is 6.27. The quantitative estimate of drug-likeness (QED) is 0.738. The molecule has 0 radical (unpaired) electrons. The SMILES string of the molecule is CC(=O)Nc1cccc(C(=O)OCC(=O)N(C)Cc2ccc(Cl)c(Cl)c2)c1. The van der Waals surface area contributed by atoms with Crippen molar-refractivity contribution in [3.63, 3.8) is 0 Å². The van der Waals surface area contributed by atoms with E-state index in [9.17, 15) is 14.4 Å². The number of benzene rings is 2. The van der Waals surface area contributed by atoms with Crippen molar-refractivity contribution in [2.45, 2.75) is 13.5 Å². The molecule has 0 aliphatic rings. The van der Waals surface area contributed by atoms with E-state index in [4.69, 9.17) is 27.9 Å². The molecule has 2 aromatic rings. The Morgan fingerprint density at radius 3 is 2.48 bits per heavy atom. The summed E-state index contributed by atoms with van der Waals surface area (Å²) < 4.78 is 5.06. The minimum Gasteiger partial charge on any atom is -0.452 e. The highest BCUT2D eigenvalue weighted by Crippen LogP contribution is 2.23. The van der Waals surface area contributed by atoms with Crippen LogP contribution in [0.4, 0.5) is 5.69 Å². The molecule has 8 heteroatoms. The highest BCUT2D eigenvalue weighted by Gasteiger charge is 2.15.